The van der Waals surface area contributed by atoms with Crippen molar-refractivity contribution in [2.24, 2.45) is 0 Å². The van der Waals surface area contributed by atoms with Gasteiger partial charge in [-0.15, -0.1) is 0 Å². The largest absolute Gasteiger partial charge is 0.353 e. The van der Waals surface area contributed by atoms with Crippen molar-refractivity contribution in [3.63, 3.8) is 0 Å². The fraction of sp³-hybridized carbons (Fsp3) is 0.522. The standard InChI is InChI=1S/C23H33N5O3/c1-7-27-17-14-28(23(3,4)21(30)24-11-12-26(5)6)20(29)18(17)19(25-22(27)31)16-10-8-9-15(2)13-16/h8-10,13,19H,7,11-12,14H2,1-6H3,(H,24,30)(H,25,31)/t19-/m1/s1. The van der Waals surface area contributed by atoms with E-state index < -0.39 is 11.6 Å². The number of carbonyl (C=O) groups is 3. The topological polar surface area (TPSA) is 85.0 Å². The zero-order valence-electron chi connectivity index (χ0n) is 19.3. The van der Waals surface area contributed by atoms with E-state index in [9.17, 15) is 14.4 Å². The third kappa shape index (κ3) is 4.30. The van der Waals surface area contributed by atoms with E-state index in [2.05, 4.69) is 10.6 Å². The lowest BCUT2D eigenvalue weighted by Crippen LogP contribution is -2.56. The van der Waals surface area contributed by atoms with Crippen LogP contribution in [0, 0.1) is 6.92 Å². The van der Waals surface area contributed by atoms with E-state index in [0.717, 1.165) is 11.1 Å². The van der Waals surface area contributed by atoms with Crippen LogP contribution in [0.2, 0.25) is 0 Å². The normalized spacial score (nSPS) is 19.1. The van der Waals surface area contributed by atoms with Crippen LogP contribution in [-0.4, -0.2) is 78.4 Å². The molecule has 168 valence electrons. The van der Waals surface area contributed by atoms with Gasteiger partial charge in [0.2, 0.25) is 5.91 Å². The molecule has 2 N–H and O–H groups in total. The molecule has 31 heavy (non-hydrogen) atoms. The minimum Gasteiger partial charge on any atom is -0.353 e. The van der Waals surface area contributed by atoms with Crippen LogP contribution in [-0.2, 0) is 9.59 Å². The van der Waals surface area contributed by atoms with Gasteiger partial charge < -0.3 is 20.4 Å². The second-order valence-corrected chi connectivity index (χ2v) is 8.91. The molecule has 0 spiro atoms. The van der Waals surface area contributed by atoms with Gasteiger partial charge in [-0.05, 0) is 47.4 Å². The monoisotopic (exact) mass is 427 g/mol. The predicted octanol–water partition coefficient (Wildman–Crippen LogP) is 1.63. The van der Waals surface area contributed by atoms with Gasteiger partial charge in [0.1, 0.15) is 5.54 Å². The molecule has 0 fully saturated rings. The van der Waals surface area contributed by atoms with Crippen LogP contribution < -0.4 is 10.6 Å². The number of urea groups is 1. The highest BCUT2D eigenvalue weighted by Gasteiger charge is 2.49. The molecule has 0 saturated heterocycles. The van der Waals surface area contributed by atoms with E-state index in [1.165, 1.54) is 0 Å². The molecule has 8 nitrogen and oxygen atoms in total. The van der Waals surface area contributed by atoms with Crippen molar-refractivity contribution in [3.8, 4) is 0 Å². The molecule has 4 amide bonds. The van der Waals surface area contributed by atoms with Gasteiger partial charge in [0, 0.05) is 19.6 Å². The number of carbonyl (C=O) groups excluding carboxylic acids is 3. The highest BCUT2D eigenvalue weighted by atomic mass is 16.2. The summed E-state index contributed by atoms with van der Waals surface area (Å²) in [6, 6.07) is 7.03. The summed E-state index contributed by atoms with van der Waals surface area (Å²) < 4.78 is 0. The summed E-state index contributed by atoms with van der Waals surface area (Å²) in [6.45, 7) is 9.24. The number of amides is 4. The van der Waals surface area contributed by atoms with E-state index in [0.29, 0.717) is 30.9 Å². The number of nitrogens with one attached hydrogen (secondary N) is 2. The highest BCUT2D eigenvalue weighted by Crippen LogP contribution is 2.38. The van der Waals surface area contributed by atoms with Crippen molar-refractivity contribution in [1.29, 1.82) is 0 Å². The number of nitrogens with zero attached hydrogens (tertiary/aromatic N) is 3. The van der Waals surface area contributed by atoms with Crippen molar-refractivity contribution in [2.45, 2.75) is 39.3 Å². The molecule has 0 aliphatic carbocycles. The molecule has 0 saturated carbocycles. The third-order valence-electron chi connectivity index (χ3n) is 5.99. The molecule has 1 atom stereocenters. The summed E-state index contributed by atoms with van der Waals surface area (Å²) in [5.74, 6) is -0.426. The molecule has 0 aromatic heterocycles. The van der Waals surface area contributed by atoms with Crippen LogP contribution >= 0.6 is 0 Å². The summed E-state index contributed by atoms with van der Waals surface area (Å²) in [4.78, 5) is 44.5. The maximum Gasteiger partial charge on any atom is 0.322 e. The number of hydrogen-bond donors (Lipinski definition) is 2. The smallest absolute Gasteiger partial charge is 0.322 e. The number of rotatable bonds is 7. The van der Waals surface area contributed by atoms with Crippen LogP contribution in [0.15, 0.2) is 35.5 Å². The van der Waals surface area contributed by atoms with Gasteiger partial charge in [-0.3, -0.25) is 14.5 Å². The molecule has 1 aromatic carbocycles. The van der Waals surface area contributed by atoms with Gasteiger partial charge in [0.05, 0.1) is 23.9 Å². The Morgan fingerprint density at radius 2 is 2.00 bits per heavy atom. The molecule has 8 heteroatoms. The second-order valence-electron chi connectivity index (χ2n) is 8.91. The quantitative estimate of drug-likeness (QED) is 0.693. The van der Waals surface area contributed by atoms with Crippen LogP contribution in [0.5, 0.6) is 0 Å². The average Bonchev–Trinajstić information content (AvgIpc) is 3.05. The third-order valence-corrected chi connectivity index (χ3v) is 5.99. The van der Waals surface area contributed by atoms with Gasteiger partial charge in [-0.25, -0.2) is 4.79 Å². The fourth-order valence-electron chi connectivity index (χ4n) is 4.11. The van der Waals surface area contributed by atoms with E-state index >= 15 is 0 Å². The maximum atomic E-state index is 13.6. The molecular formula is C23H33N5O3. The molecule has 3 rings (SSSR count). The first-order valence-corrected chi connectivity index (χ1v) is 10.7. The lowest BCUT2D eigenvalue weighted by molar-refractivity contribution is -0.141. The summed E-state index contributed by atoms with van der Waals surface area (Å²) >= 11 is 0. The van der Waals surface area contributed by atoms with Crippen LogP contribution in [0.25, 0.3) is 0 Å². The van der Waals surface area contributed by atoms with Crippen molar-refractivity contribution in [3.05, 3.63) is 46.7 Å². The summed E-state index contributed by atoms with van der Waals surface area (Å²) in [6.07, 6.45) is 0. The number of hydrogen-bond acceptors (Lipinski definition) is 4. The Hall–Kier alpha value is -2.87. The number of likely N-dealkylation sites (N-methyl/N-ethyl adjacent to an activating group) is 2. The van der Waals surface area contributed by atoms with Gasteiger partial charge in [-0.1, -0.05) is 29.8 Å². The molecule has 2 heterocycles. The first-order chi connectivity index (χ1) is 14.6. The zero-order valence-corrected chi connectivity index (χ0v) is 19.3. The number of aryl methyl sites for hydroxylation is 1. The molecule has 0 bridgehead atoms. The molecule has 2 aliphatic heterocycles. The van der Waals surface area contributed by atoms with Crippen LogP contribution in [0.4, 0.5) is 4.79 Å². The van der Waals surface area contributed by atoms with Crippen molar-refractivity contribution >= 4 is 17.8 Å². The van der Waals surface area contributed by atoms with Crippen molar-refractivity contribution in [1.82, 2.24) is 25.3 Å². The first kappa shape index (κ1) is 22.8. The number of benzene rings is 1. The van der Waals surface area contributed by atoms with Gasteiger partial charge in [-0.2, -0.15) is 0 Å². The Morgan fingerprint density at radius 3 is 2.61 bits per heavy atom. The summed E-state index contributed by atoms with van der Waals surface area (Å²) in [5, 5.41) is 5.91. The maximum absolute atomic E-state index is 13.6. The Morgan fingerprint density at radius 1 is 1.29 bits per heavy atom. The fourth-order valence-corrected chi connectivity index (χ4v) is 4.11. The lowest BCUT2D eigenvalue weighted by Gasteiger charge is -2.35. The van der Waals surface area contributed by atoms with Crippen molar-refractivity contribution in [2.75, 3.05) is 40.3 Å². The Labute approximate surface area is 184 Å². The minimum absolute atomic E-state index is 0.211. The first-order valence-electron chi connectivity index (χ1n) is 10.7. The second kappa shape index (κ2) is 8.70. The van der Waals surface area contributed by atoms with Gasteiger partial charge in [0.15, 0.2) is 0 Å². The lowest BCUT2D eigenvalue weighted by atomic mass is 9.94. The zero-order chi connectivity index (χ0) is 22.9. The summed E-state index contributed by atoms with van der Waals surface area (Å²) in [5.41, 5.74) is 2.08. The van der Waals surface area contributed by atoms with E-state index in [1.807, 2.05) is 57.1 Å². The Bertz CT molecular complexity index is 922. The summed E-state index contributed by atoms with van der Waals surface area (Å²) in [7, 11) is 3.88. The van der Waals surface area contributed by atoms with Gasteiger partial charge in [0.25, 0.3) is 5.91 Å². The molecule has 0 unspecified atom stereocenters. The Balaban J connectivity index is 1.92. The van der Waals surface area contributed by atoms with E-state index in [4.69, 9.17) is 0 Å². The Kier molecular flexibility index (Phi) is 6.40. The predicted molar refractivity (Wildman–Crippen MR) is 119 cm³/mol. The van der Waals surface area contributed by atoms with E-state index in [-0.39, 0.29) is 24.4 Å². The van der Waals surface area contributed by atoms with Crippen molar-refractivity contribution < 1.29 is 14.4 Å². The van der Waals surface area contributed by atoms with Crippen LogP contribution in [0.1, 0.15) is 37.9 Å². The molecular weight excluding hydrogens is 394 g/mol. The molecule has 2 aliphatic rings. The van der Waals surface area contributed by atoms with E-state index in [1.54, 1.807) is 23.6 Å². The van der Waals surface area contributed by atoms with Gasteiger partial charge >= 0.3 is 6.03 Å². The molecule has 1 aromatic rings. The average molecular weight is 428 g/mol. The van der Waals surface area contributed by atoms with Crippen LogP contribution in [0.3, 0.4) is 0 Å². The molecule has 0 radical (unpaired) electrons. The highest BCUT2D eigenvalue weighted by molar-refractivity contribution is 6.04. The minimum atomic E-state index is -1.06. The SMILES string of the molecule is CCN1C(=O)N[C@H](c2cccc(C)c2)C2=C1CN(C(C)(C)C(=O)NCCN(C)C)C2=O.